The van der Waals surface area contributed by atoms with Gasteiger partial charge in [0.05, 0.1) is 5.56 Å². The third-order valence-corrected chi connectivity index (χ3v) is 3.92. The van der Waals surface area contributed by atoms with Crippen LogP contribution in [0.5, 0.6) is 0 Å². The zero-order chi connectivity index (χ0) is 13.1. The lowest BCUT2D eigenvalue weighted by Gasteiger charge is -2.29. The van der Waals surface area contributed by atoms with Crippen LogP contribution in [0.25, 0.3) is 0 Å². The van der Waals surface area contributed by atoms with Crippen LogP contribution in [0.3, 0.4) is 0 Å². The normalized spacial score (nSPS) is 23.7. The largest absolute Gasteiger partial charge is 0.398 e. The lowest BCUT2D eigenvalue weighted by molar-refractivity contribution is 0.0911. The molecule has 1 aliphatic carbocycles. The van der Waals surface area contributed by atoms with E-state index in [1.165, 1.54) is 19.3 Å². The average Bonchev–Trinajstić information content (AvgIpc) is 2.32. The van der Waals surface area contributed by atoms with Crippen molar-refractivity contribution in [2.75, 3.05) is 5.73 Å². The molecule has 98 valence electrons. The molecule has 0 saturated heterocycles. The summed E-state index contributed by atoms with van der Waals surface area (Å²) in [5.74, 6) is 0.444. The Morgan fingerprint density at radius 1 is 1.39 bits per heavy atom. The van der Waals surface area contributed by atoms with Crippen molar-refractivity contribution in [1.29, 1.82) is 0 Å². The number of benzene rings is 1. The van der Waals surface area contributed by atoms with E-state index in [4.69, 9.17) is 17.3 Å². The molecule has 1 aliphatic rings. The second kappa shape index (κ2) is 5.61. The van der Waals surface area contributed by atoms with Crippen LogP contribution in [0, 0.1) is 5.92 Å². The maximum absolute atomic E-state index is 12.2. The molecule has 18 heavy (non-hydrogen) atoms. The number of hydrogen-bond donors (Lipinski definition) is 2. The standard InChI is InChI=1S/C14H19ClN2O/c1-9-4-2-3-5-13(9)17-14(18)11-7-6-10(15)8-12(11)16/h6-9,13H,2-5,16H2,1H3,(H,17,18). The number of nitrogens with one attached hydrogen (secondary N) is 1. The highest BCUT2D eigenvalue weighted by Crippen LogP contribution is 2.25. The number of amides is 1. The van der Waals surface area contributed by atoms with Crippen LogP contribution in [0.2, 0.25) is 5.02 Å². The van der Waals surface area contributed by atoms with E-state index in [0.29, 0.717) is 22.2 Å². The summed E-state index contributed by atoms with van der Waals surface area (Å²) in [6.45, 7) is 2.19. The van der Waals surface area contributed by atoms with Crippen molar-refractivity contribution in [2.24, 2.45) is 5.92 Å². The fraction of sp³-hybridized carbons (Fsp3) is 0.500. The second-order valence-corrected chi connectivity index (χ2v) is 5.51. The maximum atomic E-state index is 12.2. The van der Waals surface area contributed by atoms with Crippen LogP contribution in [0.4, 0.5) is 5.69 Å². The topological polar surface area (TPSA) is 55.1 Å². The minimum absolute atomic E-state index is 0.0945. The zero-order valence-electron chi connectivity index (χ0n) is 10.6. The number of anilines is 1. The molecule has 0 heterocycles. The Morgan fingerprint density at radius 3 is 2.78 bits per heavy atom. The number of halogens is 1. The Kier molecular flexibility index (Phi) is 4.12. The number of hydrogen-bond acceptors (Lipinski definition) is 2. The second-order valence-electron chi connectivity index (χ2n) is 5.07. The lowest BCUT2D eigenvalue weighted by Crippen LogP contribution is -2.41. The van der Waals surface area contributed by atoms with Gasteiger partial charge in [0.15, 0.2) is 0 Å². The van der Waals surface area contributed by atoms with E-state index in [0.717, 1.165) is 6.42 Å². The smallest absolute Gasteiger partial charge is 0.253 e. The number of carbonyl (C=O) groups is 1. The van der Waals surface area contributed by atoms with Gasteiger partial charge in [-0.25, -0.2) is 0 Å². The van der Waals surface area contributed by atoms with Gasteiger partial charge in [-0.05, 0) is 37.0 Å². The molecule has 0 aromatic heterocycles. The molecular weight excluding hydrogens is 248 g/mol. The van der Waals surface area contributed by atoms with Gasteiger partial charge in [-0.3, -0.25) is 4.79 Å². The SMILES string of the molecule is CC1CCCCC1NC(=O)c1ccc(Cl)cc1N. The molecule has 0 radical (unpaired) electrons. The molecule has 1 aromatic rings. The summed E-state index contributed by atoms with van der Waals surface area (Å²) in [7, 11) is 0. The average molecular weight is 267 g/mol. The van der Waals surface area contributed by atoms with Gasteiger partial charge in [0.2, 0.25) is 0 Å². The summed E-state index contributed by atoms with van der Waals surface area (Å²) in [4.78, 5) is 12.2. The molecule has 1 aromatic carbocycles. The first kappa shape index (κ1) is 13.2. The Hall–Kier alpha value is -1.22. The van der Waals surface area contributed by atoms with Crippen molar-refractivity contribution in [3.05, 3.63) is 28.8 Å². The summed E-state index contributed by atoms with van der Waals surface area (Å²) in [5, 5.41) is 3.63. The Morgan fingerprint density at radius 2 is 2.11 bits per heavy atom. The summed E-state index contributed by atoms with van der Waals surface area (Å²) >= 11 is 5.82. The highest BCUT2D eigenvalue weighted by atomic mass is 35.5. The molecule has 1 fully saturated rings. The molecule has 3 nitrogen and oxygen atoms in total. The summed E-state index contributed by atoms with van der Waals surface area (Å²) in [5.41, 5.74) is 6.76. The maximum Gasteiger partial charge on any atom is 0.253 e. The third kappa shape index (κ3) is 2.96. The molecule has 1 saturated carbocycles. The van der Waals surface area contributed by atoms with Gasteiger partial charge in [-0.15, -0.1) is 0 Å². The predicted molar refractivity (Wildman–Crippen MR) is 74.8 cm³/mol. The minimum atomic E-state index is -0.0945. The van der Waals surface area contributed by atoms with E-state index in [9.17, 15) is 4.79 Å². The van der Waals surface area contributed by atoms with Crippen molar-refractivity contribution < 1.29 is 4.79 Å². The summed E-state index contributed by atoms with van der Waals surface area (Å²) in [6.07, 6.45) is 4.68. The van der Waals surface area contributed by atoms with Crippen molar-refractivity contribution in [3.63, 3.8) is 0 Å². The first-order valence-electron chi connectivity index (χ1n) is 6.44. The van der Waals surface area contributed by atoms with Gasteiger partial charge in [0.1, 0.15) is 0 Å². The zero-order valence-corrected chi connectivity index (χ0v) is 11.3. The van der Waals surface area contributed by atoms with Crippen LogP contribution in [0.1, 0.15) is 43.0 Å². The predicted octanol–water partition coefficient (Wildman–Crippen LogP) is 3.23. The van der Waals surface area contributed by atoms with Crippen molar-refractivity contribution >= 4 is 23.2 Å². The van der Waals surface area contributed by atoms with Gasteiger partial charge >= 0.3 is 0 Å². The first-order valence-corrected chi connectivity index (χ1v) is 6.81. The van der Waals surface area contributed by atoms with Gasteiger partial charge in [-0.2, -0.15) is 0 Å². The highest BCUT2D eigenvalue weighted by molar-refractivity contribution is 6.31. The van der Waals surface area contributed by atoms with E-state index in [1.807, 2.05) is 0 Å². The van der Waals surface area contributed by atoms with Crippen LogP contribution in [0.15, 0.2) is 18.2 Å². The quantitative estimate of drug-likeness (QED) is 0.808. The van der Waals surface area contributed by atoms with Gasteiger partial charge in [0.25, 0.3) is 5.91 Å². The summed E-state index contributed by atoms with van der Waals surface area (Å²) < 4.78 is 0. The third-order valence-electron chi connectivity index (χ3n) is 3.69. The Balaban J connectivity index is 2.07. The van der Waals surface area contributed by atoms with Crippen molar-refractivity contribution in [1.82, 2.24) is 5.32 Å². The molecule has 4 heteroatoms. The fourth-order valence-electron chi connectivity index (χ4n) is 2.52. The molecule has 0 aliphatic heterocycles. The van der Waals surface area contributed by atoms with Crippen LogP contribution < -0.4 is 11.1 Å². The van der Waals surface area contributed by atoms with Crippen LogP contribution >= 0.6 is 11.6 Å². The number of carbonyl (C=O) groups excluding carboxylic acids is 1. The van der Waals surface area contributed by atoms with Gasteiger partial charge in [-0.1, -0.05) is 31.4 Å². The first-order chi connectivity index (χ1) is 8.58. The monoisotopic (exact) mass is 266 g/mol. The lowest BCUT2D eigenvalue weighted by atomic mass is 9.86. The van der Waals surface area contributed by atoms with E-state index in [-0.39, 0.29) is 11.9 Å². The number of nitrogens with two attached hydrogens (primary N) is 1. The van der Waals surface area contributed by atoms with Crippen LogP contribution in [-0.2, 0) is 0 Å². The fourth-order valence-corrected chi connectivity index (χ4v) is 2.70. The molecule has 1 amide bonds. The van der Waals surface area contributed by atoms with Crippen molar-refractivity contribution in [2.45, 2.75) is 38.6 Å². The Bertz CT molecular complexity index is 447. The van der Waals surface area contributed by atoms with E-state index in [1.54, 1.807) is 18.2 Å². The number of nitrogen functional groups attached to an aromatic ring is 1. The van der Waals surface area contributed by atoms with E-state index in [2.05, 4.69) is 12.2 Å². The highest BCUT2D eigenvalue weighted by Gasteiger charge is 2.23. The molecule has 2 unspecified atom stereocenters. The molecule has 2 atom stereocenters. The van der Waals surface area contributed by atoms with E-state index < -0.39 is 0 Å². The molecule has 2 rings (SSSR count). The van der Waals surface area contributed by atoms with Gasteiger partial charge < -0.3 is 11.1 Å². The molecule has 0 spiro atoms. The van der Waals surface area contributed by atoms with Crippen LogP contribution in [-0.4, -0.2) is 11.9 Å². The summed E-state index contributed by atoms with van der Waals surface area (Å²) in [6, 6.07) is 5.25. The van der Waals surface area contributed by atoms with Gasteiger partial charge in [0, 0.05) is 16.8 Å². The Labute approximate surface area is 113 Å². The minimum Gasteiger partial charge on any atom is -0.398 e. The molecule has 3 N–H and O–H groups in total. The number of rotatable bonds is 2. The van der Waals surface area contributed by atoms with Crippen molar-refractivity contribution in [3.8, 4) is 0 Å². The molecule has 0 bridgehead atoms. The molecular formula is C14H19ClN2O. The van der Waals surface area contributed by atoms with E-state index >= 15 is 0 Å².